The largest absolute Gasteiger partial charge is 0.460 e. The van der Waals surface area contributed by atoms with Crippen LogP contribution in [0, 0.1) is 5.92 Å². The molecule has 2 aromatic rings. The molecule has 0 heterocycles. The number of halogens is 9. The Morgan fingerprint density at radius 3 is 1.44 bits per heavy atom. The van der Waals surface area contributed by atoms with Crippen molar-refractivity contribution in [3.05, 3.63) is 60.7 Å². The lowest BCUT2D eigenvalue weighted by atomic mass is 10.1. The molecule has 0 spiro atoms. The van der Waals surface area contributed by atoms with E-state index in [0.717, 1.165) is 5.32 Å². The molecule has 1 unspecified atom stereocenters. The number of alkyl halides is 9. The summed E-state index contributed by atoms with van der Waals surface area (Å²) in [4.78, 5) is 0. The molecule has 180 valence electrons. The van der Waals surface area contributed by atoms with E-state index in [1.54, 1.807) is 6.92 Å². The van der Waals surface area contributed by atoms with Gasteiger partial charge in [0.05, 0.1) is 0 Å². The van der Waals surface area contributed by atoms with Crippen LogP contribution in [-0.2, 0) is 0 Å². The summed E-state index contributed by atoms with van der Waals surface area (Å²) in [5.41, 5.74) is 2.55. The maximum atomic E-state index is 13.0. The molecule has 0 aliphatic heterocycles. The van der Waals surface area contributed by atoms with Crippen molar-refractivity contribution in [3.63, 3.8) is 0 Å². The molecule has 0 aromatic heterocycles. The lowest BCUT2D eigenvalue weighted by Gasteiger charge is -2.34. The van der Waals surface area contributed by atoms with Crippen LogP contribution in [0.2, 0.25) is 0 Å². The zero-order valence-electron chi connectivity index (χ0n) is 17.4. The number of nitrogens with one attached hydrogen (secondary N) is 1. The highest BCUT2D eigenvalue weighted by Crippen LogP contribution is 2.52. The van der Waals surface area contributed by atoms with Gasteiger partial charge in [0.15, 0.2) is 0 Å². The Hall–Kier alpha value is -2.23. The first-order chi connectivity index (χ1) is 14.7. The first kappa shape index (κ1) is 27.8. The summed E-state index contributed by atoms with van der Waals surface area (Å²) >= 11 is 0. The fraction of sp³-hybridized carbons (Fsp3) is 0.455. The van der Waals surface area contributed by atoms with Gasteiger partial charge in [0.2, 0.25) is 0 Å². The van der Waals surface area contributed by atoms with Gasteiger partial charge in [-0.1, -0.05) is 80.9 Å². The molecule has 0 aliphatic rings. The molecule has 0 amide bonds. The normalized spacial score (nSPS) is 13.8. The summed E-state index contributed by atoms with van der Waals surface area (Å²) in [5, 5.41) is 0.799. The van der Waals surface area contributed by atoms with E-state index in [0.29, 0.717) is 12.8 Å². The lowest BCUT2D eigenvalue weighted by Crippen LogP contribution is -2.65. The molecule has 0 saturated carbocycles. The molecule has 1 nitrogen and oxygen atoms in total. The summed E-state index contributed by atoms with van der Waals surface area (Å²) in [5.74, 6) is -14.0. The monoisotopic (exact) mass is 473 g/mol. The highest BCUT2D eigenvalue weighted by molar-refractivity contribution is 5.62. The van der Waals surface area contributed by atoms with Gasteiger partial charge in [-0.2, -0.15) is 39.5 Å². The average Bonchev–Trinajstić information content (AvgIpc) is 2.73. The second-order valence-electron chi connectivity index (χ2n) is 7.23. The van der Waals surface area contributed by atoms with Gasteiger partial charge >= 0.3 is 24.1 Å². The lowest BCUT2D eigenvalue weighted by molar-refractivity contribution is -0.400. The summed E-state index contributed by atoms with van der Waals surface area (Å²) in [6.45, 7) is 2.22. The fourth-order valence-electron chi connectivity index (χ4n) is 2.64. The summed E-state index contributed by atoms with van der Waals surface area (Å²) in [6.07, 6.45) is -5.94. The molecule has 0 bridgehead atoms. The minimum Gasteiger partial charge on any atom is -0.252 e. The molecular formula is C22H24F9N. The van der Waals surface area contributed by atoms with Crippen LogP contribution in [0.3, 0.4) is 0 Å². The quantitative estimate of drug-likeness (QED) is 0.305. The summed E-state index contributed by atoms with van der Waals surface area (Å²) < 4.78 is 112. The minimum absolute atomic E-state index is 0.324. The number of rotatable bonds is 8. The molecule has 2 rings (SSSR count). The van der Waals surface area contributed by atoms with E-state index in [1.807, 2.05) is 12.1 Å². The molecule has 0 radical (unpaired) electrons. The average molecular weight is 473 g/mol. The molecule has 1 N–H and O–H groups in total. The van der Waals surface area contributed by atoms with E-state index < -0.39 is 36.5 Å². The maximum Gasteiger partial charge on any atom is 0.460 e. The summed E-state index contributed by atoms with van der Waals surface area (Å²) in [7, 11) is 0. The van der Waals surface area contributed by atoms with Crippen molar-refractivity contribution in [1.82, 2.24) is 5.32 Å². The first-order valence-corrected chi connectivity index (χ1v) is 9.73. The van der Waals surface area contributed by atoms with E-state index in [2.05, 4.69) is 48.5 Å². The van der Waals surface area contributed by atoms with Crippen molar-refractivity contribution in [2.24, 2.45) is 5.92 Å². The van der Waals surface area contributed by atoms with E-state index in [-0.39, 0.29) is 0 Å². The van der Waals surface area contributed by atoms with Crippen molar-refractivity contribution < 1.29 is 39.5 Å². The summed E-state index contributed by atoms with van der Waals surface area (Å²) in [6, 6.07) is 15.1. The van der Waals surface area contributed by atoms with E-state index in [9.17, 15) is 39.5 Å². The maximum absolute atomic E-state index is 13.0. The molecule has 0 fully saturated rings. The van der Waals surface area contributed by atoms with Crippen molar-refractivity contribution in [1.29, 1.82) is 0 Å². The van der Waals surface area contributed by atoms with Crippen LogP contribution in [0.25, 0.3) is 11.1 Å². The first-order valence-electron chi connectivity index (χ1n) is 9.73. The van der Waals surface area contributed by atoms with Crippen LogP contribution in [-0.4, -0.2) is 30.6 Å². The number of hydrogen-bond acceptors (Lipinski definition) is 1. The third kappa shape index (κ3) is 6.88. The van der Waals surface area contributed by atoms with E-state index in [4.69, 9.17) is 0 Å². The zero-order valence-corrected chi connectivity index (χ0v) is 17.4. The molecule has 2 aromatic carbocycles. The third-order valence-electron chi connectivity index (χ3n) is 4.48. The smallest absolute Gasteiger partial charge is 0.252 e. The Bertz CT molecular complexity index is 753. The second-order valence-corrected chi connectivity index (χ2v) is 7.23. The van der Waals surface area contributed by atoms with Gasteiger partial charge in [-0.15, -0.1) is 0 Å². The van der Waals surface area contributed by atoms with Crippen molar-refractivity contribution >= 4 is 0 Å². The third-order valence-corrected chi connectivity index (χ3v) is 4.48. The number of benzene rings is 2. The van der Waals surface area contributed by atoms with Crippen LogP contribution in [0.1, 0.15) is 26.7 Å². The van der Waals surface area contributed by atoms with E-state index >= 15 is 0 Å². The molecule has 0 saturated heterocycles. The van der Waals surface area contributed by atoms with Crippen molar-refractivity contribution in [2.75, 3.05) is 6.54 Å². The van der Waals surface area contributed by atoms with Crippen LogP contribution in [0.5, 0.6) is 0 Å². The molecule has 32 heavy (non-hydrogen) atoms. The van der Waals surface area contributed by atoms with Gasteiger partial charge in [-0.3, -0.25) is 5.32 Å². The highest BCUT2D eigenvalue weighted by atomic mass is 19.4. The second kappa shape index (κ2) is 11.1. The van der Waals surface area contributed by atoms with Crippen LogP contribution >= 0.6 is 0 Å². The Morgan fingerprint density at radius 2 is 1.09 bits per heavy atom. The van der Waals surface area contributed by atoms with Gasteiger partial charge in [-0.25, -0.2) is 0 Å². The molecule has 0 aliphatic carbocycles. The SMILES string of the molecule is CCCC(C)CNC(F)(F)C(F)(F)C(F)(F)C(F)(F)F.c1ccc(-c2ccccc2)cc1. The zero-order chi connectivity index (χ0) is 24.6. The standard InChI is InChI=1S/C12H10.C10H14F9N/c1-3-7-11(8-4-1)12-9-5-2-6-10-12;1-3-4-6(2)5-20-10(18,19)8(13,14)7(11,12)9(15,16)17/h1-10H;6,20H,3-5H2,1-2H3. The van der Waals surface area contributed by atoms with Gasteiger partial charge < -0.3 is 0 Å². The topological polar surface area (TPSA) is 12.0 Å². The predicted molar refractivity (Wildman–Crippen MR) is 105 cm³/mol. The van der Waals surface area contributed by atoms with Gasteiger partial charge in [0, 0.05) is 6.54 Å². The fourth-order valence-corrected chi connectivity index (χ4v) is 2.64. The minimum atomic E-state index is -6.84. The van der Waals surface area contributed by atoms with E-state index in [1.165, 1.54) is 18.1 Å². The van der Waals surface area contributed by atoms with Gasteiger partial charge in [0.1, 0.15) is 0 Å². The molecular weight excluding hydrogens is 449 g/mol. The Morgan fingerprint density at radius 1 is 0.688 bits per heavy atom. The predicted octanol–water partition coefficient (Wildman–Crippen LogP) is 7.79. The van der Waals surface area contributed by atoms with Crippen LogP contribution < -0.4 is 5.32 Å². The van der Waals surface area contributed by atoms with Gasteiger partial charge in [-0.05, 0) is 23.5 Å². The number of hydrogen-bond donors (Lipinski definition) is 1. The molecule has 10 heteroatoms. The Labute approximate surface area is 180 Å². The Kier molecular flexibility index (Phi) is 9.62. The highest BCUT2D eigenvalue weighted by Gasteiger charge is 2.81. The Balaban J connectivity index is 0.000000357. The van der Waals surface area contributed by atoms with Crippen LogP contribution in [0.4, 0.5) is 39.5 Å². The van der Waals surface area contributed by atoms with Crippen molar-refractivity contribution in [2.45, 2.75) is 50.8 Å². The van der Waals surface area contributed by atoms with Gasteiger partial charge in [0.25, 0.3) is 0 Å². The van der Waals surface area contributed by atoms with Crippen molar-refractivity contribution in [3.8, 4) is 11.1 Å². The van der Waals surface area contributed by atoms with Crippen LogP contribution in [0.15, 0.2) is 60.7 Å². The molecule has 1 atom stereocenters.